The number of aromatic hydroxyl groups is 1. The second-order valence-electron chi connectivity index (χ2n) is 5.11. The summed E-state index contributed by atoms with van der Waals surface area (Å²) in [6.07, 6.45) is 0. The number of phenolic OH excluding ortho intramolecular Hbond substituents is 1. The van der Waals surface area contributed by atoms with Gasteiger partial charge in [-0.1, -0.05) is 36.4 Å². The molecule has 4 aromatic rings. The van der Waals surface area contributed by atoms with Crippen LogP contribution >= 0.6 is 0 Å². The monoisotopic (exact) mass is 365 g/mol. The van der Waals surface area contributed by atoms with E-state index in [1.807, 2.05) is 0 Å². The molecule has 8 heteroatoms. The van der Waals surface area contributed by atoms with Crippen molar-refractivity contribution >= 4 is 43.0 Å². The summed E-state index contributed by atoms with van der Waals surface area (Å²) in [7, 11) is -4.67. The van der Waals surface area contributed by atoms with Crippen molar-refractivity contribution in [2.75, 3.05) is 0 Å². The maximum absolute atomic E-state index is 11.8. The maximum Gasteiger partial charge on any atom is 1.00 e. The van der Waals surface area contributed by atoms with E-state index >= 15 is 0 Å². The van der Waals surface area contributed by atoms with Gasteiger partial charge in [-0.15, -0.1) is 0 Å². The minimum absolute atomic E-state index is 0. The normalized spacial score (nSPS) is 11.7. The van der Waals surface area contributed by atoms with Crippen LogP contribution < -0.4 is 51.4 Å². The molecule has 0 radical (unpaired) electrons. The average molecular weight is 365 g/mol. The molecule has 1 heterocycles. The van der Waals surface area contributed by atoms with E-state index in [9.17, 15) is 18.1 Å². The van der Waals surface area contributed by atoms with Crippen molar-refractivity contribution in [1.29, 1.82) is 0 Å². The van der Waals surface area contributed by atoms with Gasteiger partial charge < -0.3 is 5.11 Å². The van der Waals surface area contributed by atoms with Crippen molar-refractivity contribution in [3.05, 3.63) is 48.5 Å². The fourth-order valence-corrected chi connectivity index (χ4v) is 3.46. The summed E-state index contributed by atoms with van der Waals surface area (Å²) in [5.41, 5.74) is 1.32. The van der Waals surface area contributed by atoms with Crippen molar-refractivity contribution in [3.63, 3.8) is 0 Å². The minimum atomic E-state index is -4.67. The molecule has 0 unspecified atom stereocenters. The SMILES string of the molecule is O=S(=O)(O)c1c(O)c2ccccc2c2nc3ccccc3nc12.[K+]. The molecule has 0 saturated heterocycles. The predicted octanol–water partition coefficient (Wildman–Crippen LogP) is -0.108. The van der Waals surface area contributed by atoms with Crippen LogP contribution in [0.2, 0.25) is 0 Å². The molecule has 6 nitrogen and oxygen atoms in total. The van der Waals surface area contributed by atoms with E-state index in [0.717, 1.165) is 0 Å². The molecule has 1 aromatic heterocycles. The van der Waals surface area contributed by atoms with Crippen molar-refractivity contribution in [1.82, 2.24) is 9.97 Å². The zero-order valence-corrected chi connectivity index (χ0v) is 16.6. The van der Waals surface area contributed by atoms with Crippen LogP contribution in [0.4, 0.5) is 0 Å². The van der Waals surface area contributed by atoms with Crippen LogP contribution in [-0.4, -0.2) is 28.0 Å². The van der Waals surface area contributed by atoms with Crippen LogP contribution in [0.1, 0.15) is 0 Å². The fraction of sp³-hybridized carbons (Fsp3) is 0. The number of phenols is 1. The first kappa shape index (κ1) is 17.7. The van der Waals surface area contributed by atoms with Crippen LogP contribution in [0.25, 0.3) is 32.8 Å². The Balaban J connectivity index is 0.00000169. The molecule has 114 valence electrons. The van der Waals surface area contributed by atoms with Gasteiger partial charge in [-0.05, 0) is 12.1 Å². The number of nitrogens with zero attached hydrogens (tertiary/aromatic N) is 2. The molecular formula is C16H10KN2O4S+. The summed E-state index contributed by atoms with van der Waals surface area (Å²) in [6.45, 7) is 0. The third kappa shape index (κ3) is 2.74. The molecule has 0 atom stereocenters. The first-order valence-corrected chi connectivity index (χ1v) is 8.18. The van der Waals surface area contributed by atoms with E-state index < -0.39 is 20.8 Å². The summed E-state index contributed by atoms with van der Waals surface area (Å²) in [5.74, 6) is -0.528. The van der Waals surface area contributed by atoms with E-state index in [1.165, 1.54) is 0 Å². The molecule has 0 bridgehead atoms. The molecule has 0 amide bonds. The van der Waals surface area contributed by atoms with E-state index in [2.05, 4.69) is 9.97 Å². The topological polar surface area (TPSA) is 100 Å². The molecule has 4 rings (SSSR count). The molecule has 0 fully saturated rings. The quantitative estimate of drug-likeness (QED) is 0.211. The number of benzene rings is 3. The molecule has 24 heavy (non-hydrogen) atoms. The number of aromatic nitrogens is 2. The van der Waals surface area contributed by atoms with Gasteiger partial charge in [0.1, 0.15) is 11.3 Å². The van der Waals surface area contributed by atoms with Crippen molar-refractivity contribution < 1.29 is 69.5 Å². The standard InChI is InChI=1S/C16H10N2O4S.K/c19-15-10-6-2-1-5-9(10)13-14(16(15)23(20,21)22)18-12-8-4-3-7-11(12)17-13;/h1-8,19H,(H,20,21,22);/q;+1. The Morgan fingerprint density at radius 3 is 1.88 bits per heavy atom. The van der Waals surface area contributed by atoms with Crippen LogP contribution in [0.3, 0.4) is 0 Å². The first-order valence-electron chi connectivity index (χ1n) is 6.74. The van der Waals surface area contributed by atoms with Crippen LogP contribution in [-0.2, 0) is 10.1 Å². The Hall–Kier alpha value is -1.13. The molecule has 3 aromatic carbocycles. The van der Waals surface area contributed by atoms with E-state index in [1.54, 1.807) is 48.5 Å². The molecule has 2 N–H and O–H groups in total. The van der Waals surface area contributed by atoms with Gasteiger partial charge in [0, 0.05) is 10.8 Å². The van der Waals surface area contributed by atoms with E-state index in [4.69, 9.17) is 0 Å². The first-order chi connectivity index (χ1) is 11.0. The minimum Gasteiger partial charge on any atom is -0.506 e. The molecule has 0 aliphatic heterocycles. The van der Waals surface area contributed by atoms with Gasteiger partial charge in [-0.3, -0.25) is 4.55 Å². The number of rotatable bonds is 1. The number of hydrogen-bond acceptors (Lipinski definition) is 5. The van der Waals surface area contributed by atoms with Gasteiger partial charge in [0.25, 0.3) is 0 Å². The van der Waals surface area contributed by atoms with E-state index in [0.29, 0.717) is 21.9 Å². The number of hydrogen-bond donors (Lipinski definition) is 2. The largest absolute Gasteiger partial charge is 1.00 e. The second kappa shape index (κ2) is 6.30. The zero-order valence-electron chi connectivity index (χ0n) is 12.6. The summed E-state index contributed by atoms with van der Waals surface area (Å²) >= 11 is 0. The Morgan fingerprint density at radius 2 is 1.29 bits per heavy atom. The number of para-hydroxylation sites is 2. The third-order valence-electron chi connectivity index (χ3n) is 3.70. The van der Waals surface area contributed by atoms with Crippen molar-refractivity contribution in [2.24, 2.45) is 0 Å². The molecule has 0 spiro atoms. The third-order valence-corrected chi connectivity index (χ3v) is 4.60. The summed E-state index contributed by atoms with van der Waals surface area (Å²) in [5, 5.41) is 11.2. The van der Waals surface area contributed by atoms with Crippen LogP contribution in [0.15, 0.2) is 53.4 Å². The average Bonchev–Trinajstić information content (AvgIpc) is 2.52. The van der Waals surface area contributed by atoms with Gasteiger partial charge in [0.05, 0.1) is 16.6 Å². The summed E-state index contributed by atoms with van der Waals surface area (Å²) in [4.78, 5) is 8.14. The fourth-order valence-electron chi connectivity index (χ4n) is 2.72. The predicted molar refractivity (Wildman–Crippen MR) is 86.0 cm³/mol. The van der Waals surface area contributed by atoms with Gasteiger partial charge in [-0.25, -0.2) is 9.97 Å². The summed E-state index contributed by atoms with van der Waals surface area (Å²) in [6, 6.07) is 13.7. The molecule has 0 aliphatic carbocycles. The number of fused-ring (bicyclic) bond motifs is 4. The molecule has 0 aliphatic rings. The van der Waals surface area contributed by atoms with Gasteiger partial charge in [-0.2, -0.15) is 8.42 Å². The summed E-state index contributed by atoms with van der Waals surface area (Å²) < 4.78 is 33.1. The van der Waals surface area contributed by atoms with Gasteiger partial charge in [0.2, 0.25) is 0 Å². The van der Waals surface area contributed by atoms with E-state index in [-0.39, 0.29) is 62.3 Å². The molecular weight excluding hydrogens is 355 g/mol. The zero-order chi connectivity index (χ0) is 16.2. The van der Waals surface area contributed by atoms with Crippen LogP contribution in [0, 0.1) is 0 Å². The maximum atomic E-state index is 11.8. The van der Waals surface area contributed by atoms with Gasteiger partial charge in [0.15, 0.2) is 4.90 Å². The molecule has 0 saturated carbocycles. The Labute approximate surface area is 179 Å². The van der Waals surface area contributed by atoms with Crippen molar-refractivity contribution in [3.8, 4) is 5.75 Å². The Bertz CT molecular complexity index is 1210. The van der Waals surface area contributed by atoms with Crippen molar-refractivity contribution in [2.45, 2.75) is 4.90 Å². The van der Waals surface area contributed by atoms with Gasteiger partial charge >= 0.3 is 61.5 Å². The Morgan fingerprint density at radius 1 is 0.792 bits per heavy atom. The second-order valence-corrected chi connectivity index (χ2v) is 6.47. The Kier molecular flexibility index (Phi) is 4.64. The smallest absolute Gasteiger partial charge is 0.506 e. The van der Waals surface area contributed by atoms with Crippen LogP contribution in [0.5, 0.6) is 5.75 Å².